The molecule has 0 amide bonds. The van der Waals surface area contributed by atoms with E-state index in [4.69, 9.17) is 0 Å². The summed E-state index contributed by atoms with van der Waals surface area (Å²) in [6.07, 6.45) is -3.78. The number of alkyl halides is 3. The first-order chi connectivity index (χ1) is 8.38. The average Bonchev–Trinajstić information content (AvgIpc) is 2.77. The Bertz CT molecular complexity index is 442. The fourth-order valence-electron chi connectivity index (χ4n) is 1.95. The van der Waals surface area contributed by atoms with E-state index in [1.165, 1.54) is 19.1 Å². The fourth-order valence-corrected chi connectivity index (χ4v) is 1.95. The highest BCUT2D eigenvalue weighted by Gasteiger charge is 2.31. The fraction of sp³-hybridized carbons (Fsp3) is 0.417. The van der Waals surface area contributed by atoms with Gasteiger partial charge in [0.25, 0.3) is 0 Å². The topological polar surface area (TPSA) is 41.1 Å². The summed E-state index contributed by atoms with van der Waals surface area (Å²) in [6, 6.07) is 4.56. The van der Waals surface area contributed by atoms with Crippen LogP contribution in [0.2, 0.25) is 0 Å². The first-order valence-electron chi connectivity index (χ1n) is 5.56. The van der Waals surface area contributed by atoms with Crippen molar-refractivity contribution in [2.24, 2.45) is 0 Å². The zero-order valence-electron chi connectivity index (χ0n) is 9.71. The number of ketones is 1. The highest BCUT2D eigenvalue weighted by atomic mass is 19.4. The van der Waals surface area contributed by atoms with Crippen molar-refractivity contribution in [1.82, 2.24) is 10.9 Å². The Labute approximate surface area is 102 Å². The Morgan fingerprint density at radius 2 is 1.83 bits per heavy atom. The minimum atomic E-state index is -4.32. The van der Waals surface area contributed by atoms with Crippen molar-refractivity contribution in [2.45, 2.75) is 31.6 Å². The van der Waals surface area contributed by atoms with Crippen LogP contribution in [0.4, 0.5) is 13.2 Å². The number of hydrazine groups is 1. The second-order valence-corrected chi connectivity index (χ2v) is 4.36. The van der Waals surface area contributed by atoms with Crippen LogP contribution in [0.15, 0.2) is 24.3 Å². The van der Waals surface area contributed by atoms with Gasteiger partial charge in [-0.15, -0.1) is 0 Å². The molecule has 2 atom stereocenters. The van der Waals surface area contributed by atoms with E-state index in [1.54, 1.807) is 0 Å². The molecule has 1 fully saturated rings. The maximum absolute atomic E-state index is 12.4. The third-order valence-electron chi connectivity index (χ3n) is 3.03. The van der Waals surface area contributed by atoms with Crippen molar-refractivity contribution in [2.75, 3.05) is 0 Å². The second-order valence-electron chi connectivity index (χ2n) is 4.36. The number of halogens is 3. The summed E-state index contributed by atoms with van der Waals surface area (Å²) in [5, 5.41) is 0. The molecule has 0 aromatic heterocycles. The maximum atomic E-state index is 12.4. The molecule has 0 bridgehead atoms. The molecule has 1 saturated heterocycles. The first-order valence-corrected chi connectivity index (χ1v) is 5.56. The van der Waals surface area contributed by atoms with E-state index >= 15 is 0 Å². The number of Topliss-reactive ketones (excluding diaryl/α,β-unsaturated/α-hetero) is 1. The zero-order chi connectivity index (χ0) is 13.3. The molecule has 0 aliphatic carbocycles. The molecule has 6 heteroatoms. The predicted molar refractivity (Wildman–Crippen MR) is 59.5 cm³/mol. The van der Waals surface area contributed by atoms with Gasteiger partial charge in [-0.1, -0.05) is 12.1 Å². The highest BCUT2D eigenvalue weighted by Crippen LogP contribution is 2.31. The van der Waals surface area contributed by atoms with Crippen LogP contribution in [0.5, 0.6) is 0 Å². The van der Waals surface area contributed by atoms with E-state index in [-0.39, 0.29) is 17.9 Å². The molecule has 1 aliphatic heterocycles. The molecule has 0 saturated carbocycles. The monoisotopic (exact) mass is 258 g/mol. The number of carbonyl (C=O) groups excluding carboxylic acids is 1. The highest BCUT2D eigenvalue weighted by molar-refractivity contribution is 5.81. The van der Waals surface area contributed by atoms with Crippen molar-refractivity contribution in [3.63, 3.8) is 0 Å². The SMILES string of the molecule is CC(=O)C1CC(c2ccc(C(F)(F)F)cc2)NN1. The van der Waals surface area contributed by atoms with Crippen LogP contribution < -0.4 is 10.9 Å². The third kappa shape index (κ3) is 2.70. The first kappa shape index (κ1) is 13.0. The lowest BCUT2D eigenvalue weighted by Crippen LogP contribution is -2.35. The molecule has 0 spiro atoms. The van der Waals surface area contributed by atoms with Gasteiger partial charge in [0, 0.05) is 6.04 Å². The molecule has 18 heavy (non-hydrogen) atoms. The van der Waals surface area contributed by atoms with Gasteiger partial charge in [-0.3, -0.25) is 4.79 Å². The van der Waals surface area contributed by atoms with Gasteiger partial charge >= 0.3 is 6.18 Å². The van der Waals surface area contributed by atoms with Crippen molar-refractivity contribution >= 4 is 5.78 Å². The molecule has 1 aromatic rings. The summed E-state index contributed by atoms with van der Waals surface area (Å²) < 4.78 is 37.2. The third-order valence-corrected chi connectivity index (χ3v) is 3.03. The van der Waals surface area contributed by atoms with Gasteiger partial charge in [-0.05, 0) is 31.0 Å². The smallest absolute Gasteiger partial charge is 0.298 e. The van der Waals surface area contributed by atoms with Gasteiger partial charge in [0.05, 0.1) is 11.6 Å². The molecule has 2 rings (SSSR count). The van der Waals surface area contributed by atoms with Crippen LogP contribution >= 0.6 is 0 Å². The molecule has 3 nitrogen and oxygen atoms in total. The van der Waals surface area contributed by atoms with Crippen LogP contribution in [0, 0.1) is 0 Å². The lowest BCUT2D eigenvalue weighted by molar-refractivity contribution is -0.137. The predicted octanol–water partition coefficient (Wildman–Crippen LogP) is 2.20. The Morgan fingerprint density at radius 3 is 2.28 bits per heavy atom. The van der Waals surface area contributed by atoms with Crippen molar-refractivity contribution in [1.29, 1.82) is 0 Å². The maximum Gasteiger partial charge on any atom is 0.416 e. The number of rotatable bonds is 2. The Morgan fingerprint density at radius 1 is 1.22 bits per heavy atom. The van der Waals surface area contributed by atoms with Crippen molar-refractivity contribution < 1.29 is 18.0 Å². The normalized spacial score (nSPS) is 24.2. The van der Waals surface area contributed by atoms with Gasteiger partial charge in [0.2, 0.25) is 0 Å². The van der Waals surface area contributed by atoms with Gasteiger partial charge in [-0.2, -0.15) is 13.2 Å². The van der Waals surface area contributed by atoms with E-state index < -0.39 is 11.7 Å². The minimum absolute atomic E-state index is 0.0110. The lowest BCUT2D eigenvalue weighted by Gasteiger charge is -2.11. The lowest BCUT2D eigenvalue weighted by atomic mass is 9.99. The van der Waals surface area contributed by atoms with E-state index in [0.29, 0.717) is 6.42 Å². The van der Waals surface area contributed by atoms with Crippen molar-refractivity contribution in [3.05, 3.63) is 35.4 Å². The largest absolute Gasteiger partial charge is 0.416 e. The zero-order valence-corrected chi connectivity index (χ0v) is 9.71. The molecule has 2 N–H and O–H groups in total. The summed E-state index contributed by atoms with van der Waals surface area (Å²) in [4.78, 5) is 11.2. The summed E-state index contributed by atoms with van der Waals surface area (Å²) >= 11 is 0. The number of carbonyl (C=O) groups is 1. The average molecular weight is 258 g/mol. The molecule has 1 aromatic carbocycles. The Kier molecular flexibility index (Phi) is 3.41. The van der Waals surface area contributed by atoms with Gasteiger partial charge < -0.3 is 0 Å². The standard InChI is InChI=1S/C12H13F3N2O/c1-7(18)10-6-11(17-16-10)8-2-4-9(5-3-8)12(13,14)15/h2-5,10-11,16-17H,6H2,1H3. The molecule has 1 aliphatic rings. The molecular formula is C12H13F3N2O. The van der Waals surface area contributed by atoms with Crippen LogP contribution in [-0.2, 0) is 11.0 Å². The van der Waals surface area contributed by atoms with Gasteiger partial charge in [0.1, 0.15) is 5.78 Å². The Hall–Kier alpha value is -1.40. The van der Waals surface area contributed by atoms with E-state index in [1.807, 2.05) is 0 Å². The van der Waals surface area contributed by atoms with Gasteiger partial charge in [0.15, 0.2) is 0 Å². The summed E-state index contributed by atoms with van der Waals surface area (Å²) in [5.74, 6) is 0.0110. The molecule has 2 unspecified atom stereocenters. The van der Waals surface area contributed by atoms with Crippen LogP contribution in [-0.4, -0.2) is 11.8 Å². The van der Waals surface area contributed by atoms with Crippen LogP contribution in [0.1, 0.15) is 30.5 Å². The molecule has 1 heterocycles. The van der Waals surface area contributed by atoms with E-state index in [2.05, 4.69) is 10.9 Å². The van der Waals surface area contributed by atoms with Crippen LogP contribution in [0.3, 0.4) is 0 Å². The molecular weight excluding hydrogens is 245 g/mol. The van der Waals surface area contributed by atoms with E-state index in [0.717, 1.165) is 17.7 Å². The van der Waals surface area contributed by atoms with Crippen molar-refractivity contribution in [3.8, 4) is 0 Å². The summed E-state index contributed by atoms with van der Waals surface area (Å²) in [7, 11) is 0. The number of nitrogens with one attached hydrogen (secondary N) is 2. The quantitative estimate of drug-likeness (QED) is 0.854. The molecule has 0 radical (unpaired) electrons. The summed E-state index contributed by atoms with van der Waals surface area (Å²) in [5.41, 5.74) is 5.81. The molecule has 98 valence electrons. The number of benzene rings is 1. The minimum Gasteiger partial charge on any atom is -0.298 e. The van der Waals surface area contributed by atoms with Crippen LogP contribution in [0.25, 0.3) is 0 Å². The van der Waals surface area contributed by atoms with E-state index in [9.17, 15) is 18.0 Å². The second kappa shape index (κ2) is 4.70. The summed E-state index contributed by atoms with van der Waals surface area (Å²) in [6.45, 7) is 1.48. The number of hydrogen-bond acceptors (Lipinski definition) is 3. The van der Waals surface area contributed by atoms with Gasteiger partial charge in [-0.25, -0.2) is 10.9 Å². The number of hydrogen-bond donors (Lipinski definition) is 2. The Balaban J connectivity index is 2.10.